The van der Waals surface area contributed by atoms with Crippen LogP contribution < -0.4 is 0 Å². The van der Waals surface area contributed by atoms with Crippen LogP contribution in [0.2, 0.25) is 0 Å². The maximum atomic E-state index is 11.3. The van der Waals surface area contributed by atoms with E-state index in [1.807, 2.05) is 0 Å². The van der Waals surface area contributed by atoms with Crippen LogP contribution in [0.5, 0.6) is 0 Å². The van der Waals surface area contributed by atoms with Gasteiger partial charge in [0.2, 0.25) is 0 Å². The Kier molecular flexibility index (Phi) is 3.77. The molecule has 2 rings (SSSR count). The Bertz CT molecular complexity index is 454. The normalized spacial score (nSPS) is 21.3. The summed E-state index contributed by atoms with van der Waals surface area (Å²) >= 11 is 0. The summed E-state index contributed by atoms with van der Waals surface area (Å²) in [6, 6.07) is 0. The number of aliphatic hydroxyl groups is 2. The summed E-state index contributed by atoms with van der Waals surface area (Å²) in [7, 11) is 0. The number of nitrogens with zero attached hydrogens (tertiary/aromatic N) is 2. The van der Waals surface area contributed by atoms with Crippen molar-refractivity contribution in [2.75, 3.05) is 13.1 Å². The van der Waals surface area contributed by atoms with Crippen molar-refractivity contribution in [1.29, 1.82) is 0 Å². The Labute approximate surface area is 113 Å². The van der Waals surface area contributed by atoms with Crippen LogP contribution >= 0.6 is 0 Å². The number of β-amino-alcohol motifs (C(OH)–C–C–N with tert-alkyl or cyclic N) is 2. The van der Waals surface area contributed by atoms with Gasteiger partial charge in [0.15, 0.2) is 0 Å². The smallest absolute Gasteiger partial charge is 0.253 e. The topological polar surface area (TPSA) is 115 Å². The molecule has 2 heterocycles. The third-order valence-electron chi connectivity index (χ3n) is 2.98. The quantitative estimate of drug-likeness (QED) is 0.540. The lowest BCUT2D eigenvalue weighted by molar-refractivity contribution is -0.144. The predicted molar refractivity (Wildman–Crippen MR) is 63.7 cm³/mol. The molecule has 0 unspecified atom stereocenters. The largest absolute Gasteiger partial charge is 0.388 e. The highest BCUT2D eigenvalue weighted by Gasteiger charge is 2.32. The van der Waals surface area contributed by atoms with Gasteiger partial charge < -0.3 is 10.2 Å². The number of carbonyl (C=O) groups excluding carboxylic acids is 4. The fourth-order valence-corrected chi connectivity index (χ4v) is 1.84. The lowest BCUT2D eigenvalue weighted by Gasteiger charge is -2.25. The Balaban J connectivity index is 1.91. The number of imide groups is 2. The van der Waals surface area contributed by atoms with Gasteiger partial charge in [-0.3, -0.25) is 29.0 Å². The van der Waals surface area contributed by atoms with E-state index in [-0.39, 0.29) is 0 Å². The standard InChI is InChI=1S/C12H12N2O6/c15-7(5-13-9(17)1-2-10(13)18)8(16)6-14-11(19)3-4-12(14)20/h1-4,7-8,15-16H,5-6H2/t7-,8-/m0/s1. The minimum atomic E-state index is -1.45. The van der Waals surface area contributed by atoms with Crippen LogP contribution in [0.1, 0.15) is 0 Å². The first kappa shape index (κ1) is 14.1. The van der Waals surface area contributed by atoms with E-state index >= 15 is 0 Å². The number of aliphatic hydroxyl groups excluding tert-OH is 2. The van der Waals surface area contributed by atoms with Gasteiger partial charge in [-0.15, -0.1) is 0 Å². The fourth-order valence-electron chi connectivity index (χ4n) is 1.84. The number of rotatable bonds is 5. The minimum Gasteiger partial charge on any atom is -0.388 e. The third-order valence-corrected chi connectivity index (χ3v) is 2.98. The molecule has 2 aliphatic heterocycles. The Morgan fingerprint density at radius 1 is 0.700 bits per heavy atom. The molecule has 0 aromatic heterocycles. The molecule has 2 aliphatic rings. The number of carbonyl (C=O) groups is 4. The number of amides is 4. The molecule has 0 saturated heterocycles. The van der Waals surface area contributed by atoms with Crippen molar-refractivity contribution in [2.45, 2.75) is 12.2 Å². The monoisotopic (exact) mass is 280 g/mol. The van der Waals surface area contributed by atoms with E-state index in [4.69, 9.17) is 0 Å². The average molecular weight is 280 g/mol. The second-order valence-corrected chi connectivity index (χ2v) is 4.38. The Hall–Kier alpha value is -2.32. The number of hydrogen-bond acceptors (Lipinski definition) is 6. The van der Waals surface area contributed by atoms with Crippen LogP contribution in [-0.4, -0.2) is 68.9 Å². The zero-order chi connectivity index (χ0) is 14.9. The second-order valence-electron chi connectivity index (χ2n) is 4.38. The molecule has 4 amide bonds. The van der Waals surface area contributed by atoms with Gasteiger partial charge in [0.25, 0.3) is 23.6 Å². The molecule has 0 aromatic carbocycles. The zero-order valence-electron chi connectivity index (χ0n) is 10.3. The lowest BCUT2D eigenvalue weighted by Crippen LogP contribution is -2.47. The van der Waals surface area contributed by atoms with Crippen LogP contribution in [0.15, 0.2) is 24.3 Å². The van der Waals surface area contributed by atoms with Crippen LogP contribution in [0.3, 0.4) is 0 Å². The molecule has 2 N–H and O–H groups in total. The first-order valence-electron chi connectivity index (χ1n) is 5.83. The van der Waals surface area contributed by atoms with Gasteiger partial charge in [-0.1, -0.05) is 0 Å². The molecule has 8 nitrogen and oxygen atoms in total. The van der Waals surface area contributed by atoms with Gasteiger partial charge in [0, 0.05) is 24.3 Å². The molecule has 2 atom stereocenters. The maximum absolute atomic E-state index is 11.3. The Morgan fingerprint density at radius 3 is 1.20 bits per heavy atom. The number of hydrogen-bond donors (Lipinski definition) is 2. The van der Waals surface area contributed by atoms with E-state index in [1.54, 1.807) is 0 Å². The average Bonchev–Trinajstić information content (AvgIpc) is 2.88. The van der Waals surface area contributed by atoms with Gasteiger partial charge in [-0.05, 0) is 0 Å². The molecule has 0 fully saturated rings. The summed E-state index contributed by atoms with van der Waals surface area (Å²) in [6.07, 6.45) is 1.31. The third kappa shape index (κ3) is 2.65. The van der Waals surface area contributed by atoms with E-state index in [9.17, 15) is 29.4 Å². The van der Waals surface area contributed by atoms with E-state index < -0.39 is 48.9 Å². The molecule has 106 valence electrons. The molecule has 0 bridgehead atoms. The van der Waals surface area contributed by atoms with Crippen LogP contribution in [0, 0.1) is 0 Å². The highest BCUT2D eigenvalue weighted by molar-refractivity contribution is 6.13. The van der Waals surface area contributed by atoms with E-state index in [0.29, 0.717) is 0 Å². The van der Waals surface area contributed by atoms with Crippen molar-refractivity contribution in [2.24, 2.45) is 0 Å². The van der Waals surface area contributed by atoms with Gasteiger partial charge in [-0.2, -0.15) is 0 Å². The van der Waals surface area contributed by atoms with Gasteiger partial charge in [0.1, 0.15) is 0 Å². The summed E-state index contributed by atoms with van der Waals surface area (Å²) in [6.45, 7) is -0.815. The molecule has 0 spiro atoms. The SMILES string of the molecule is O=C1C=CC(=O)N1C[C@H](O)[C@@H](O)CN1C(=O)C=CC1=O. The first-order valence-corrected chi connectivity index (χ1v) is 5.83. The Morgan fingerprint density at radius 2 is 0.950 bits per heavy atom. The minimum absolute atomic E-state index is 0.407. The van der Waals surface area contributed by atoms with Crippen molar-refractivity contribution in [3.63, 3.8) is 0 Å². The fraction of sp³-hybridized carbons (Fsp3) is 0.333. The summed E-state index contributed by atoms with van der Waals surface area (Å²) in [5.74, 6) is -2.35. The van der Waals surface area contributed by atoms with E-state index in [2.05, 4.69) is 0 Å². The molecular formula is C12H12N2O6. The van der Waals surface area contributed by atoms with Crippen LogP contribution in [0.25, 0.3) is 0 Å². The molecule has 0 aromatic rings. The summed E-state index contributed by atoms with van der Waals surface area (Å²) in [5.41, 5.74) is 0. The maximum Gasteiger partial charge on any atom is 0.253 e. The first-order chi connectivity index (χ1) is 9.40. The molecule has 20 heavy (non-hydrogen) atoms. The van der Waals surface area contributed by atoms with Gasteiger partial charge in [0.05, 0.1) is 25.3 Å². The predicted octanol–water partition coefficient (Wildman–Crippen LogP) is -2.44. The molecule has 0 saturated carbocycles. The van der Waals surface area contributed by atoms with Crippen molar-refractivity contribution < 1.29 is 29.4 Å². The van der Waals surface area contributed by atoms with Crippen molar-refractivity contribution in [3.05, 3.63) is 24.3 Å². The summed E-state index contributed by atoms with van der Waals surface area (Å²) in [4.78, 5) is 46.7. The zero-order valence-corrected chi connectivity index (χ0v) is 10.3. The highest BCUT2D eigenvalue weighted by Crippen LogP contribution is 2.10. The van der Waals surface area contributed by atoms with Crippen molar-refractivity contribution >= 4 is 23.6 Å². The van der Waals surface area contributed by atoms with Crippen molar-refractivity contribution in [3.8, 4) is 0 Å². The van der Waals surface area contributed by atoms with Gasteiger partial charge >= 0.3 is 0 Å². The van der Waals surface area contributed by atoms with Crippen molar-refractivity contribution in [1.82, 2.24) is 9.80 Å². The summed E-state index contributed by atoms with van der Waals surface area (Å²) in [5, 5.41) is 19.5. The molecular weight excluding hydrogens is 268 g/mol. The lowest BCUT2D eigenvalue weighted by atomic mass is 10.2. The summed E-state index contributed by atoms with van der Waals surface area (Å²) < 4.78 is 0. The van der Waals surface area contributed by atoms with E-state index in [0.717, 1.165) is 34.1 Å². The second kappa shape index (κ2) is 5.35. The van der Waals surface area contributed by atoms with Crippen LogP contribution in [0.4, 0.5) is 0 Å². The van der Waals surface area contributed by atoms with E-state index in [1.165, 1.54) is 0 Å². The molecule has 8 heteroatoms. The van der Waals surface area contributed by atoms with Gasteiger partial charge in [-0.25, -0.2) is 0 Å². The van der Waals surface area contributed by atoms with Crippen LogP contribution in [-0.2, 0) is 19.2 Å². The highest BCUT2D eigenvalue weighted by atomic mass is 16.3. The molecule has 0 aliphatic carbocycles. The molecule has 0 radical (unpaired) electrons.